The third-order valence-corrected chi connectivity index (χ3v) is 5.45. The molecule has 1 N–H and O–H groups in total. The molecule has 0 aliphatic carbocycles. The second-order valence-electron chi connectivity index (χ2n) is 6.84. The van der Waals surface area contributed by atoms with Crippen LogP contribution in [0.4, 0.5) is 0 Å². The van der Waals surface area contributed by atoms with Gasteiger partial charge in [-0.25, -0.2) is 0 Å². The summed E-state index contributed by atoms with van der Waals surface area (Å²) >= 11 is 6.15. The number of hydrogen-bond donors (Lipinski definition) is 1. The van der Waals surface area contributed by atoms with Crippen LogP contribution in [0.1, 0.15) is 30.0 Å². The van der Waals surface area contributed by atoms with Crippen LogP contribution in [0.2, 0.25) is 5.02 Å². The molecule has 4 rings (SSSR count). The van der Waals surface area contributed by atoms with E-state index in [1.54, 1.807) is 13.2 Å². The molecule has 0 saturated carbocycles. The highest BCUT2D eigenvalue weighted by Gasteiger charge is 2.29. The number of nitrogens with zero attached hydrogens (tertiary/aromatic N) is 1. The fourth-order valence-corrected chi connectivity index (χ4v) is 4.22. The molecule has 1 atom stereocenters. The zero-order valence-electron chi connectivity index (χ0n) is 14.8. The third kappa shape index (κ3) is 3.25. The lowest BCUT2D eigenvalue weighted by molar-refractivity contribution is 0.245. The maximum atomic E-state index is 10.6. The fourth-order valence-electron chi connectivity index (χ4n) is 4.01. The zero-order chi connectivity index (χ0) is 18.1. The molecule has 4 heteroatoms. The first kappa shape index (κ1) is 17.2. The summed E-state index contributed by atoms with van der Waals surface area (Å²) in [6.07, 6.45) is 2.16. The summed E-state index contributed by atoms with van der Waals surface area (Å²) in [4.78, 5) is 2.43. The van der Waals surface area contributed by atoms with Gasteiger partial charge in [-0.1, -0.05) is 35.9 Å². The van der Waals surface area contributed by atoms with Crippen molar-refractivity contribution in [3.8, 4) is 11.5 Å². The molecule has 0 bridgehead atoms. The smallest absolute Gasteiger partial charge is 0.121 e. The Labute approximate surface area is 158 Å². The van der Waals surface area contributed by atoms with Crippen molar-refractivity contribution in [3.63, 3.8) is 0 Å². The number of hydrogen-bond acceptors (Lipinski definition) is 3. The topological polar surface area (TPSA) is 32.7 Å². The molecule has 1 aliphatic heterocycles. The van der Waals surface area contributed by atoms with Crippen LogP contribution in [0.5, 0.6) is 11.5 Å². The van der Waals surface area contributed by atoms with Crippen molar-refractivity contribution in [2.24, 2.45) is 0 Å². The number of rotatable bonds is 4. The van der Waals surface area contributed by atoms with Crippen LogP contribution in [-0.4, -0.2) is 23.7 Å². The minimum atomic E-state index is 0.200. The van der Waals surface area contributed by atoms with E-state index >= 15 is 0 Å². The SMILES string of the molecule is COc1ccc2c(C3CCCN3Cc3cccc(Cl)c3)c(O)ccc2c1. The van der Waals surface area contributed by atoms with E-state index in [-0.39, 0.29) is 6.04 Å². The summed E-state index contributed by atoms with van der Waals surface area (Å²) in [6, 6.07) is 18.0. The number of phenols is 1. The highest BCUT2D eigenvalue weighted by atomic mass is 35.5. The van der Waals surface area contributed by atoms with Gasteiger partial charge in [-0.15, -0.1) is 0 Å². The van der Waals surface area contributed by atoms with E-state index in [0.29, 0.717) is 5.75 Å². The number of methoxy groups -OCH3 is 1. The van der Waals surface area contributed by atoms with Crippen molar-refractivity contribution >= 4 is 22.4 Å². The van der Waals surface area contributed by atoms with Crippen LogP contribution < -0.4 is 4.74 Å². The molecule has 0 amide bonds. The molecule has 0 aromatic heterocycles. The van der Waals surface area contributed by atoms with Crippen molar-refractivity contribution in [3.05, 3.63) is 70.7 Å². The van der Waals surface area contributed by atoms with Gasteiger partial charge in [0, 0.05) is 23.2 Å². The van der Waals surface area contributed by atoms with Crippen molar-refractivity contribution in [2.75, 3.05) is 13.7 Å². The lowest BCUT2D eigenvalue weighted by atomic mass is 9.95. The van der Waals surface area contributed by atoms with Crippen LogP contribution in [0, 0.1) is 0 Å². The molecule has 3 aromatic rings. The largest absolute Gasteiger partial charge is 0.508 e. The van der Waals surface area contributed by atoms with Gasteiger partial charge in [-0.05, 0) is 66.1 Å². The average molecular weight is 368 g/mol. The van der Waals surface area contributed by atoms with Crippen LogP contribution in [0.15, 0.2) is 54.6 Å². The number of ether oxygens (including phenoxy) is 1. The van der Waals surface area contributed by atoms with E-state index < -0.39 is 0 Å². The van der Waals surface area contributed by atoms with E-state index in [1.165, 1.54) is 5.56 Å². The Hall–Kier alpha value is -2.23. The Morgan fingerprint density at radius 1 is 1.15 bits per heavy atom. The minimum absolute atomic E-state index is 0.200. The first-order chi connectivity index (χ1) is 12.7. The van der Waals surface area contributed by atoms with Crippen LogP contribution in [-0.2, 0) is 6.54 Å². The Kier molecular flexibility index (Phi) is 4.75. The van der Waals surface area contributed by atoms with Gasteiger partial charge in [0.05, 0.1) is 7.11 Å². The summed E-state index contributed by atoms with van der Waals surface area (Å²) in [5, 5.41) is 13.6. The summed E-state index contributed by atoms with van der Waals surface area (Å²) in [5.41, 5.74) is 2.22. The van der Waals surface area contributed by atoms with Crippen LogP contribution in [0.25, 0.3) is 10.8 Å². The number of likely N-dealkylation sites (tertiary alicyclic amines) is 1. The summed E-state index contributed by atoms with van der Waals surface area (Å²) in [6.45, 7) is 1.85. The first-order valence-corrected chi connectivity index (χ1v) is 9.31. The van der Waals surface area contributed by atoms with Gasteiger partial charge in [0.25, 0.3) is 0 Å². The van der Waals surface area contributed by atoms with Gasteiger partial charge in [0.2, 0.25) is 0 Å². The normalized spacial score (nSPS) is 17.7. The molecule has 0 spiro atoms. The maximum absolute atomic E-state index is 10.6. The van der Waals surface area contributed by atoms with Gasteiger partial charge in [0.15, 0.2) is 0 Å². The maximum Gasteiger partial charge on any atom is 0.121 e. The summed E-state index contributed by atoms with van der Waals surface area (Å²) in [5.74, 6) is 1.20. The number of aromatic hydroxyl groups is 1. The zero-order valence-corrected chi connectivity index (χ0v) is 15.5. The second-order valence-corrected chi connectivity index (χ2v) is 7.28. The van der Waals surface area contributed by atoms with Gasteiger partial charge < -0.3 is 9.84 Å². The highest BCUT2D eigenvalue weighted by Crippen LogP contribution is 2.42. The van der Waals surface area contributed by atoms with E-state index in [4.69, 9.17) is 16.3 Å². The Morgan fingerprint density at radius 3 is 2.85 bits per heavy atom. The first-order valence-electron chi connectivity index (χ1n) is 8.94. The van der Waals surface area contributed by atoms with Crippen LogP contribution in [0.3, 0.4) is 0 Å². The number of benzene rings is 3. The molecule has 3 nitrogen and oxygen atoms in total. The molecular formula is C22H22ClNO2. The van der Waals surface area contributed by atoms with E-state index in [0.717, 1.165) is 53.0 Å². The third-order valence-electron chi connectivity index (χ3n) is 5.22. The predicted molar refractivity (Wildman–Crippen MR) is 106 cm³/mol. The average Bonchev–Trinajstić information content (AvgIpc) is 3.09. The summed E-state index contributed by atoms with van der Waals surface area (Å²) < 4.78 is 5.34. The molecule has 1 heterocycles. The van der Waals surface area contributed by atoms with E-state index in [9.17, 15) is 5.11 Å². The molecule has 134 valence electrons. The number of phenolic OH excluding ortho intramolecular Hbond substituents is 1. The number of fused-ring (bicyclic) bond motifs is 1. The van der Waals surface area contributed by atoms with Gasteiger partial charge in [-0.3, -0.25) is 4.90 Å². The second kappa shape index (κ2) is 7.18. The minimum Gasteiger partial charge on any atom is -0.508 e. The Morgan fingerprint density at radius 2 is 2.04 bits per heavy atom. The predicted octanol–water partition coefficient (Wildman–Crippen LogP) is 5.54. The van der Waals surface area contributed by atoms with Crippen molar-refractivity contribution in [2.45, 2.75) is 25.4 Å². The Bertz CT molecular complexity index is 941. The standard InChI is InChI=1S/C22H22ClNO2/c1-26-18-8-9-19-16(13-18)7-10-21(25)22(19)20-6-3-11-24(20)14-15-4-2-5-17(23)12-15/h2,4-5,7-10,12-13,20,25H,3,6,11,14H2,1H3. The molecule has 0 radical (unpaired) electrons. The molecule has 1 saturated heterocycles. The molecular weight excluding hydrogens is 346 g/mol. The molecule has 1 fully saturated rings. The van der Waals surface area contributed by atoms with Gasteiger partial charge in [0.1, 0.15) is 11.5 Å². The Balaban J connectivity index is 1.72. The van der Waals surface area contributed by atoms with E-state index in [2.05, 4.69) is 17.0 Å². The van der Waals surface area contributed by atoms with Crippen LogP contribution >= 0.6 is 11.6 Å². The lowest BCUT2D eigenvalue weighted by Gasteiger charge is -2.27. The van der Waals surface area contributed by atoms with Crippen molar-refractivity contribution in [1.82, 2.24) is 4.90 Å². The quantitative estimate of drug-likeness (QED) is 0.656. The van der Waals surface area contributed by atoms with E-state index in [1.807, 2.05) is 36.4 Å². The molecule has 26 heavy (non-hydrogen) atoms. The highest BCUT2D eigenvalue weighted by molar-refractivity contribution is 6.30. The molecule has 1 unspecified atom stereocenters. The van der Waals surface area contributed by atoms with Crippen molar-refractivity contribution in [1.29, 1.82) is 0 Å². The number of halogens is 1. The lowest BCUT2D eigenvalue weighted by Crippen LogP contribution is -2.23. The molecule has 3 aromatic carbocycles. The summed E-state index contributed by atoms with van der Waals surface area (Å²) in [7, 11) is 1.67. The van der Waals surface area contributed by atoms with Gasteiger partial charge >= 0.3 is 0 Å². The molecule has 1 aliphatic rings. The monoisotopic (exact) mass is 367 g/mol. The van der Waals surface area contributed by atoms with Gasteiger partial charge in [-0.2, -0.15) is 0 Å². The fraction of sp³-hybridized carbons (Fsp3) is 0.273. The van der Waals surface area contributed by atoms with Crippen molar-refractivity contribution < 1.29 is 9.84 Å².